The van der Waals surface area contributed by atoms with Crippen LogP contribution in [0.15, 0.2) is 84.0 Å². The molecule has 2 N–H and O–H groups in total. The van der Waals surface area contributed by atoms with Gasteiger partial charge in [-0.3, -0.25) is 14.6 Å². The van der Waals surface area contributed by atoms with Crippen LogP contribution in [0, 0.1) is 0 Å². The molecule has 0 aliphatic carbocycles. The Hall–Kier alpha value is -3.32. The van der Waals surface area contributed by atoms with Crippen LogP contribution in [-0.4, -0.2) is 28.6 Å². The highest BCUT2D eigenvalue weighted by molar-refractivity contribution is 7.99. The third kappa shape index (κ3) is 7.79. The molecular formula is C24H25N3O3S. The fraction of sp³-hybridized carbons (Fsp3) is 0.208. The maximum atomic E-state index is 12.6. The highest BCUT2D eigenvalue weighted by Gasteiger charge is 2.19. The Bertz CT molecular complexity index is 966. The van der Waals surface area contributed by atoms with Crippen molar-refractivity contribution < 1.29 is 14.3 Å². The lowest BCUT2D eigenvalue weighted by Gasteiger charge is -2.17. The molecule has 1 aromatic heterocycles. The van der Waals surface area contributed by atoms with Crippen LogP contribution in [0.4, 0.5) is 0 Å². The summed E-state index contributed by atoms with van der Waals surface area (Å²) in [5, 5.41) is 5.58. The molecule has 3 rings (SSSR count). The first-order chi connectivity index (χ1) is 15.1. The Balaban J connectivity index is 1.50. The molecule has 3 aromatic rings. The monoisotopic (exact) mass is 435 g/mol. The van der Waals surface area contributed by atoms with Crippen molar-refractivity contribution in [2.24, 2.45) is 0 Å². The number of nitrogens with one attached hydrogen (secondary N) is 2. The van der Waals surface area contributed by atoms with Gasteiger partial charge >= 0.3 is 0 Å². The van der Waals surface area contributed by atoms with Crippen molar-refractivity contribution in [1.29, 1.82) is 0 Å². The van der Waals surface area contributed by atoms with Gasteiger partial charge in [0.15, 0.2) is 0 Å². The summed E-state index contributed by atoms with van der Waals surface area (Å²) in [5.74, 6) is 0.727. The summed E-state index contributed by atoms with van der Waals surface area (Å²) in [5.41, 5.74) is 2.01. The van der Waals surface area contributed by atoms with Gasteiger partial charge in [-0.05, 0) is 41.5 Å². The second kappa shape index (κ2) is 11.8. The van der Waals surface area contributed by atoms with Crippen LogP contribution in [0.1, 0.15) is 18.1 Å². The van der Waals surface area contributed by atoms with Gasteiger partial charge in [-0.25, -0.2) is 0 Å². The maximum absolute atomic E-state index is 12.6. The fourth-order valence-corrected chi connectivity index (χ4v) is 3.72. The van der Waals surface area contributed by atoms with E-state index in [-0.39, 0.29) is 11.8 Å². The zero-order chi connectivity index (χ0) is 21.9. The number of thioether (sulfide) groups is 1. The third-order valence-corrected chi connectivity index (χ3v) is 5.48. The summed E-state index contributed by atoms with van der Waals surface area (Å²) in [6, 6.07) is 20.8. The smallest absolute Gasteiger partial charge is 0.243 e. The van der Waals surface area contributed by atoms with E-state index in [1.165, 1.54) is 18.7 Å². The summed E-state index contributed by atoms with van der Waals surface area (Å²) in [6.45, 7) is 2.28. The Morgan fingerprint density at radius 1 is 1.00 bits per heavy atom. The number of aromatic nitrogens is 1. The van der Waals surface area contributed by atoms with E-state index in [0.717, 1.165) is 21.8 Å². The fourth-order valence-electron chi connectivity index (χ4n) is 2.80. The average Bonchev–Trinajstić information content (AvgIpc) is 2.80. The molecule has 1 heterocycles. The van der Waals surface area contributed by atoms with E-state index in [0.29, 0.717) is 18.9 Å². The van der Waals surface area contributed by atoms with Gasteiger partial charge in [0.05, 0.1) is 0 Å². The second-order valence-electron chi connectivity index (χ2n) is 6.89. The normalized spacial score (nSPS) is 11.4. The molecule has 0 spiro atoms. The first-order valence-electron chi connectivity index (χ1n) is 9.93. The van der Waals surface area contributed by atoms with Crippen molar-refractivity contribution in [1.82, 2.24) is 15.6 Å². The molecule has 0 saturated carbocycles. The van der Waals surface area contributed by atoms with Crippen molar-refractivity contribution in [3.05, 3.63) is 90.3 Å². The van der Waals surface area contributed by atoms with Gasteiger partial charge in [0.25, 0.3) is 0 Å². The SMILES string of the molecule is CC(=O)NC(CSc1ccc(OCc2ccccc2)cc1)C(=O)NCc1cccnc1. The van der Waals surface area contributed by atoms with E-state index >= 15 is 0 Å². The molecule has 2 aromatic carbocycles. The predicted octanol–water partition coefficient (Wildman–Crippen LogP) is 3.57. The molecule has 6 nitrogen and oxygen atoms in total. The summed E-state index contributed by atoms with van der Waals surface area (Å²) in [4.78, 5) is 29.1. The predicted molar refractivity (Wildman–Crippen MR) is 122 cm³/mol. The molecule has 2 amide bonds. The quantitative estimate of drug-likeness (QED) is 0.476. The van der Waals surface area contributed by atoms with Gasteiger partial charge in [-0.15, -0.1) is 11.8 Å². The van der Waals surface area contributed by atoms with Gasteiger partial charge in [0.2, 0.25) is 11.8 Å². The minimum atomic E-state index is -0.631. The lowest BCUT2D eigenvalue weighted by molar-refractivity contribution is -0.127. The molecule has 0 fully saturated rings. The van der Waals surface area contributed by atoms with Crippen LogP contribution in [-0.2, 0) is 22.7 Å². The van der Waals surface area contributed by atoms with Crippen molar-refractivity contribution in [3.63, 3.8) is 0 Å². The minimum absolute atomic E-state index is 0.227. The number of rotatable bonds is 10. The Kier molecular flexibility index (Phi) is 8.48. The first kappa shape index (κ1) is 22.4. The lowest BCUT2D eigenvalue weighted by Crippen LogP contribution is -2.47. The molecule has 0 bridgehead atoms. The van der Waals surface area contributed by atoms with E-state index in [1.807, 2.05) is 66.7 Å². The molecule has 31 heavy (non-hydrogen) atoms. The average molecular weight is 436 g/mol. The van der Waals surface area contributed by atoms with Gasteiger partial charge in [-0.1, -0.05) is 36.4 Å². The standard InChI is InChI=1S/C24H25N3O3S/c1-18(28)27-23(24(29)26-15-20-8-5-13-25-14-20)17-31-22-11-9-21(10-12-22)30-16-19-6-3-2-4-7-19/h2-14,23H,15-17H2,1H3,(H,26,29)(H,27,28). The molecule has 1 unspecified atom stereocenters. The van der Waals surface area contributed by atoms with Crippen LogP contribution in [0.3, 0.4) is 0 Å². The van der Waals surface area contributed by atoms with E-state index in [1.54, 1.807) is 12.4 Å². The molecule has 7 heteroatoms. The van der Waals surface area contributed by atoms with Crippen LogP contribution < -0.4 is 15.4 Å². The number of pyridine rings is 1. The summed E-state index contributed by atoms with van der Waals surface area (Å²) in [6.07, 6.45) is 3.38. The molecule has 0 saturated heterocycles. The van der Waals surface area contributed by atoms with Crippen molar-refractivity contribution in [3.8, 4) is 5.75 Å². The molecule has 0 aliphatic rings. The van der Waals surface area contributed by atoms with Crippen LogP contribution in [0.25, 0.3) is 0 Å². The summed E-state index contributed by atoms with van der Waals surface area (Å²) < 4.78 is 5.80. The van der Waals surface area contributed by atoms with Gasteiger partial charge in [0, 0.05) is 36.5 Å². The van der Waals surface area contributed by atoms with Crippen LogP contribution in [0.2, 0.25) is 0 Å². The molecular weight excluding hydrogens is 410 g/mol. The zero-order valence-electron chi connectivity index (χ0n) is 17.3. The van der Waals surface area contributed by atoms with Gasteiger partial charge in [0.1, 0.15) is 18.4 Å². The number of benzene rings is 2. The van der Waals surface area contributed by atoms with Crippen LogP contribution in [0.5, 0.6) is 5.75 Å². The number of carbonyl (C=O) groups excluding carboxylic acids is 2. The Morgan fingerprint density at radius 3 is 2.42 bits per heavy atom. The molecule has 160 valence electrons. The summed E-state index contributed by atoms with van der Waals surface area (Å²) in [7, 11) is 0. The van der Waals surface area contributed by atoms with Crippen molar-refractivity contribution in [2.75, 3.05) is 5.75 Å². The first-order valence-corrected chi connectivity index (χ1v) is 10.9. The van der Waals surface area contributed by atoms with Gasteiger partial charge in [-0.2, -0.15) is 0 Å². The van der Waals surface area contributed by atoms with E-state index in [2.05, 4.69) is 15.6 Å². The Morgan fingerprint density at radius 2 is 1.74 bits per heavy atom. The van der Waals surface area contributed by atoms with Gasteiger partial charge < -0.3 is 15.4 Å². The molecule has 0 radical (unpaired) electrons. The van der Waals surface area contributed by atoms with E-state index < -0.39 is 6.04 Å². The largest absolute Gasteiger partial charge is 0.489 e. The highest BCUT2D eigenvalue weighted by Crippen LogP contribution is 2.23. The molecule has 1 atom stereocenters. The van der Waals surface area contributed by atoms with Crippen LogP contribution >= 0.6 is 11.8 Å². The number of ether oxygens (including phenoxy) is 1. The van der Waals surface area contributed by atoms with E-state index in [4.69, 9.17) is 4.74 Å². The zero-order valence-corrected chi connectivity index (χ0v) is 18.1. The maximum Gasteiger partial charge on any atom is 0.243 e. The third-order valence-electron chi connectivity index (χ3n) is 4.37. The lowest BCUT2D eigenvalue weighted by atomic mass is 10.2. The number of hydrogen-bond acceptors (Lipinski definition) is 5. The van der Waals surface area contributed by atoms with Crippen molar-refractivity contribution >= 4 is 23.6 Å². The number of amides is 2. The second-order valence-corrected chi connectivity index (χ2v) is 7.98. The number of carbonyl (C=O) groups is 2. The molecule has 0 aliphatic heterocycles. The highest BCUT2D eigenvalue weighted by atomic mass is 32.2. The summed E-state index contributed by atoms with van der Waals surface area (Å²) >= 11 is 1.50. The van der Waals surface area contributed by atoms with Crippen molar-refractivity contribution in [2.45, 2.75) is 31.0 Å². The number of hydrogen-bond donors (Lipinski definition) is 2. The van der Waals surface area contributed by atoms with E-state index in [9.17, 15) is 9.59 Å². The topological polar surface area (TPSA) is 80.3 Å². The Labute approximate surface area is 186 Å². The number of nitrogens with zero attached hydrogens (tertiary/aromatic N) is 1. The minimum Gasteiger partial charge on any atom is -0.489 e.